The van der Waals surface area contributed by atoms with Crippen LogP contribution in [0, 0.1) is 12.3 Å². The van der Waals surface area contributed by atoms with E-state index < -0.39 is 17.8 Å². The number of barbiturate groups is 1. The summed E-state index contributed by atoms with van der Waals surface area (Å²) in [6, 6.07) is 10.4. The van der Waals surface area contributed by atoms with Crippen LogP contribution < -0.4 is 15.0 Å². The number of hydrogen-bond donors (Lipinski definition) is 1. The van der Waals surface area contributed by atoms with E-state index >= 15 is 0 Å². The molecule has 0 bridgehead atoms. The van der Waals surface area contributed by atoms with E-state index in [-0.39, 0.29) is 17.9 Å². The third-order valence-corrected chi connectivity index (χ3v) is 4.48. The van der Waals surface area contributed by atoms with E-state index in [1.165, 1.54) is 18.2 Å². The minimum atomic E-state index is -0.854. The summed E-state index contributed by atoms with van der Waals surface area (Å²) in [6.07, 6.45) is 6.57. The second-order valence-corrected chi connectivity index (χ2v) is 6.96. The van der Waals surface area contributed by atoms with Gasteiger partial charge in [-0.2, -0.15) is 0 Å². The highest BCUT2D eigenvalue weighted by atomic mass is 79.9. The molecule has 1 N–H and O–H groups in total. The van der Waals surface area contributed by atoms with Crippen molar-refractivity contribution in [1.82, 2.24) is 5.32 Å². The van der Waals surface area contributed by atoms with Crippen LogP contribution in [0.1, 0.15) is 5.56 Å². The molecule has 0 saturated carbocycles. The van der Waals surface area contributed by atoms with Crippen molar-refractivity contribution in [1.29, 1.82) is 0 Å². The number of imide groups is 2. The number of amides is 4. The van der Waals surface area contributed by atoms with Crippen LogP contribution >= 0.6 is 27.5 Å². The number of urea groups is 1. The first-order chi connectivity index (χ1) is 13.4. The molecule has 1 saturated heterocycles. The number of benzene rings is 2. The molecule has 0 radical (unpaired) electrons. The first-order valence-electron chi connectivity index (χ1n) is 7.93. The van der Waals surface area contributed by atoms with Gasteiger partial charge in [0.2, 0.25) is 0 Å². The Morgan fingerprint density at radius 3 is 2.71 bits per heavy atom. The van der Waals surface area contributed by atoms with Crippen molar-refractivity contribution in [2.24, 2.45) is 0 Å². The number of rotatable bonds is 4. The Kier molecular flexibility index (Phi) is 5.83. The molecule has 0 aliphatic carbocycles. The summed E-state index contributed by atoms with van der Waals surface area (Å²) in [5.41, 5.74) is 0.457. The van der Waals surface area contributed by atoms with Gasteiger partial charge in [-0.3, -0.25) is 14.9 Å². The van der Waals surface area contributed by atoms with E-state index in [0.717, 1.165) is 4.90 Å². The number of terminal acetylenes is 1. The van der Waals surface area contributed by atoms with Crippen molar-refractivity contribution >= 4 is 57.1 Å². The molecular weight excluding hydrogens is 448 g/mol. The molecule has 140 valence electrons. The van der Waals surface area contributed by atoms with Gasteiger partial charge in [0.1, 0.15) is 17.9 Å². The molecule has 1 aliphatic rings. The van der Waals surface area contributed by atoms with Crippen LogP contribution in [0.25, 0.3) is 6.08 Å². The Hall–Kier alpha value is -3.08. The van der Waals surface area contributed by atoms with Crippen LogP contribution in [0.3, 0.4) is 0 Å². The maximum Gasteiger partial charge on any atom is 0.335 e. The minimum absolute atomic E-state index is 0.0189. The number of nitrogens with one attached hydrogen (secondary N) is 1. The first-order valence-corrected chi connectivity index (χ1v) is 9.10. The number of carbonyl (C=O) groups is 3. The number of ether oxygens (including phenoxy) is 1. The number of anilines is 1. The summed E-state index contributed by atoms with van der Waals surface area (Å²) in [7, 11) is 0. The van der Waals surface area contributed by atoms with E-state index in [4.69, 9.17) is 22.8 Å². The third kappa shape index (κ3) is 4.09. The monoisotopic (exact) mass is 458 g/mol. The Bertz CT molecular complexity index is 1060. The van der Waals surface area contributed by atoms with Gasteiger partial charge in [0.05, 0.1) is 5.69 Å². The highest BCUT2D eigenvalue weighted by Crippen LogP contribution is 2.28. The van der Waals surface area contributed by atoms with E-state index in [1.807, 2.05) is 0 Å². The minimum Gasteiger partial charge on any atom is -0.480 e. The average molecular weight is 460 g/mol. The van der Waals surface area contributed by atoms with Gasteiger partial charge in [-0.25, -0.2) is 9.69 Å². The normalized spacial score (nSPS) is 15.4. The van der Waals surface area contributed by atoms with Crippen LogP contribution in [-0.2, 0) is 9.59 Å². The van der Waals surface area contributed by atoms with Crippen molar-refractivity contribution in [3.8, 4) is 18.1 Å². The van der Waals surface area contributed by atoms with Crippen LogP contribution in [0.15, 0.2) is 52.5 Å². The molecule has 0 spiro atoms. The molecule has 0 unspecified atom stereocenters. The van der Waals surface area contributed by atoms with Gasteiger partial charge >= 0.3 is 6.03 Å². The van der Waals surface area contributed by atoms with Gasteiger partial charge in [-0.1, -0.05) is 39.5 Å². The molecule has 3 rings (SSSR count). The van der Waals surface area contributed by atoms with Crippen LogP contribution in [0.2, 0.25) is 5.02 Å². The van der Waals surface area contributed by atoms with Crippen LogP contribution in [-0.4, -0.2) is 24.5 Å². The standard InChI is InChI=1S/C20H12BrClN2O4/c1-2-8-28-17-7-6-13(21)9-12(17)10-16-18(25)23-20(27)24(19(16)26)15-5-3-4-14(22)11-15/h1,3-7,9-11H,8H2,(H,23,25,27)/b16-10+. The third-order valence-electron chi connectivity index (χ3n) is 3.75. The summed E-state index contributed by atoms with van der Waals surface area (Å²) < 4.78 is 6.17. The molecule has 4 amide bonds. The smallest absolute Gasteiger partial charge is 0.335 e. The topological polar surface area (TPSA) is 75.7 Å². The molecule has 1 aliphatic heterocycles. The summed E-state index contributed by atoms with van der Waals surface area (Å²) >= 11 is 9.29. The van der Waals surface area contributed by atoms with Gasteiger partial charge in [-0.05, 0) is 42.5 Å². The van der Waals surface area contributed by atoms with Crippen molar-refractivity contribution in [3.63, 3.8) is 0 Å². The fourth-order valence-corrected chi connectivity index (χ4v) is 3.11. The molecular formula is C20H12BrClN2O4. The predicted octanol–water partition coefficient (Wildman–Crippen LogP) is 3.78. The molecule has 28 heavy (non-hydrogen) atoms. The largest absolute Gasteiger partial charge is 0.480 e. The maximum absolute atomic E-state index is 12.9. The Labute approximate surface area is 174 Å². The second-order valence-electron chi connectivity index (χ2n) is 5.61. The number of hydrogen-bond acceptors (Lipinski definition) is 4. The van der Waals surface area contributed by atoms with Crippen molar-refractivity contribution in [2.45, 2.75) is 0 Å². The Morgan fingerprint density at radius 2 is 2.00 bits per heavy atom. The maximum atomic E-state index is 12.9. The molecule has 2 aromatic rings. The Morgan fingerprint density at radius 1 is 1.21 bits per heavy atom. The fraction of sp³-hybridized carbons (Fsp3) is 0.0500. The molecule has 0 atom stereocenters. The molecule has 6 nitrogen and oxygen atoms in total. The van der Waals surface area contributed by atoms with Gasteiger partial charge in [-0.15, -0.1) is 6.42 Å². The SMILES string of the molecule is C#CCOc1ccc(Br)cc1/C=C1\C(=O)NC(=O)N(c2cccc(Cl)c2)C1=O. The fourth-order valence-electron chi connectivity index (χ4n) is 2.55. The first kappa shape index (κ1) is 19.7. The molecule has 8 heteroatoms. The number of nitrogens with zero attached hydrogens (tertiary/aromatic N) is 1. The quantitative estimate of drug-likeness (QED) is 0.429. The van der Waals surface area contributed by atoms with E-state index in [1.54, 1.807) is 30.3 Å². The summed E-state index contributed by atoms with van der Waals surface area (Å²) in [4.78, 5) is 38.3. The van der Waals surface area contributed by atoms with E-state index in [9.17, 15) is 14.4 Å². The lowest BCUT2D eigenvalue weighted by Crippen LogP contribution is -2.54. The van der Waals surface area contributed by atoms with Gasteiger partial charge in [0.15, 0.2) is 0 Å². The lowest BCUT2D eigenvalue weighted by Gasteiger charge is -2.26. The highest BCUT2D eigenvalue weighted by molar-refractivity contribution is 9.10. The zero-order chi connectivity index (χ0) is 20.3. The number of carbonyl (C=O) groups excluding carboxylic acids is 3. The zero-order valence-electron chi connectivity index (χ0n) is 14.2. The van der Waals surface area contributed by atoms with Crippen molar-refractivity contribution in [3.05, 3.63) is 63.1 Å². The van der Waals surface area contributed by atoms with Crippen molar-refractivity contribution in [2.75, 3.05) is 11.5 Å². The molecule has 1 heterocycles. The van der Waals surface area contributed by atoms with Crippen molar-refractivity contribution < 1.29 is 19.1 Å². The van der Waals surface area contributed by atoms with Gasteiger partial charge in [0.25, 0.3) is 11.8 Å². The molecule has 2 aromatic carbocycles. The van der Waals surface area contributed by atoms with Gasteiger partial charge < -0.3 is 4.74 Å². The van der Waals surface area contributed by atoms with Crippen LogP contribution in [0.4, 0.5) is 10.5 Å². The Balaban J connectivity index is 2.05. The zero-order valence-corrected chi connectivity index (χ0v) is 16.6. The summed E-state index contributed by atoms with van der Waals surface area (Å²) in [5, 5.41) is 2.50. The second kappa shape index (κ2) is 8.30. The average Bonchev–Trinajstić information content (AvgIpc) is 2.64. The van der Waals surface area contributed by atoms with E-state index in [0.29, 0.717) is 20.8 Å². The summed E-state index contributed by atoms with van der Waals surface area (Å²) in [5.74, 6) is 1.15. The highest BCUT2D eigenvalue weighted by Gasteiger charge is 2.37. The van der Waals surface area contributed by atoms with Gasteiger partial charge in [0, 0.05) is 15.1 Å². The molecule has 1 fully saturated rings. The lowest BCUT2D eigenvalue weighted by molar-refractivity contribution is -0.122. The lowest BCUT2D eigenvalue weighted by atomic mass is 10.1. The summed E-state index contributed by atoms with van der Waals surface area (Å²) in [6.45, 7) is 0.0189. The molecule has 0 aromatic heterocycles. The number of halogens is 2. The predicted molar refractivity (Wildman–Crippen MR) is 109 cm³/mol. The van der Waals surface area contributed by atoms with E-state index in [2.05, 4.69) is 27.2 Å². The van der Waals surface area contributed by atoms with Crippen LogP contribution in [0.5, 0.6) is 5.75 Å².